The van der Waals surface area contributed by atoms with E-state index >= 15 is 0 Å². The van der Waals surface area contributed by atoms with Gasteiger partial charge in [0.2, 0.25) is 0 Å². The van der Waals surface area contributed by atoms with Crippen LogP contribution in [-0.4, -0.2) is 21.6 Å². The number of aromatic nitrogens is 2. The highest BCUT2D eigenvalue weighted by Gasteiger charge is 2.45. The first-order chi connectivity index (χ1) is 9.29. The normalized spacial score (nSPS) is 21.5. The molecule has 1 aromatic rings. The van der Waals surface area contributed by atoms with E-state index < -0.39 is 0 Å². The smallest absolute Gasteiger partial charge is 0.127 e. The Bertz CT molecular complexity index is 495. The van der Waals surface area contributed by atoms with Crippen molar-refractivity contribution in [2.75, 3.05) is 6.54 Å². The van der Waals surface area contributed by atoms with E-state index in [1.807, 2.05) is 6.33 Å². The molecule has 1 heterocycles. The maximum atomic E-state index is 9.67. The fourth-order valence-electron chi connectivity index (χ4n) is 3.32. The first kappa shape index (κ1) is 12.7. The topological polar surface area (TPSA) is 53.6 Å². The molecule has 102 valence electrons. The van der Waals surface area contributed by atoms with Crippen molar-refractivity contribution < 1.29 is 0 Å². The van der Waals surface area contributed by atoms with Crippen LogP contribution in [0.4, 0.5) is 0 Å². The van der Waals surface area contributed by atoms with Gasteiger partial charge in [-0.15, -0.1) is 0 Å². The Morgan fingerprint density at radius 1 is 1.47 bits per heavy atom. The molecule has 0 amide bonds. The Labute approximate surface area is 114 Å². The van der Waals surface area contributed by atoms with Gasteiger partial charge in [0.1, 0.15) is 5.54 Å². The minimum absolute atomic E-state index is 0.388. The number of hydrogen-bond acceptors (Lipinski definition) is 3. The third-order valence-corrected chi connectivity index (χ3v) is 4.50. The lowest BCUT2D eigenvalue weighted by atomic mass is 9.93. The van der Waals surface area contributed by atoms with Gasteiger partial charge in [0, 0.05) is 5.69 Å². The molecule has 1 unspecified atom stereocenters. The summed E-state index contributed by atoms with van der Waals surface area (Å²) in [6, 6.07) is 2.56. The Balaban J connectivity index is 1.86. The average molecular weight is 258 g/mol. The molecular weight excluding hydrogens is 236 g/mol. The maximum Gasteiger partial charge on any atom is 0.127 e. The average Bonchev–Trinajstić information content (AvgIpc) is 3.22. The summed E-state index contributed by atoms with van der Waals surface area (Å²) in [5.41, 5.74) is 2.23. The predicted octanol–water partition coefficient (Wildman–Crippen LogP) is 2.04. The third-order valence-electron chi connectivity index (χ3n) is 4.50. The van der Waals surface area contributed by atoms with Gasteiger partial charge in [0.25, 0.3) is 0 Å². The highest BCUT2D eigenvalue weighted by Crippen LogP contribution is 2.40. The molecule has 0 spiro atoms. The van der Waals surface area contributed by atoms with Crippen molar-refractivity contribution in [1.82, 2.24) is 14.9 Å². The lowest BCUT2D eigenvalue weighted by Crippen LogP contribution is -2.49. The van der Waals surface area contributed by atoms with Crippen LogP contribution in [0.5, 0.6) is 0 Å². The van der Waals surface area contributed by atoms with E-state index in [1.54, 1.807) is 0 Å². The van der Waals surface area contributed by atoms with Crippen molar-refractivity contribution in [2.24, 2.45) is 5.92 Å². The van der Waals surface area contributed by atoms with Gasteiger partial charge < -0.3 is 4.57 Å². The Kier molecular flexibility index (Phi) is 3.32. The van der Waals surface area contributed by atoms with E-state index in [4.69, 9.17) is 0 Å². The van der Waals surface area contributed by atoms with Gasteiger partial charge in [0.05, 0.1) is 24.6 Å². The van der Waals surface area contributed by atoms with Crippen molar-refractivity contribution in [3.05, 3.63) is 17.7 Å². The van der Waals surface area contributed by atoms with E-state index in [2.05, 4.69) is 27.9 Å². The van der Waals surface area contributed by atoms with E-state index in [-0.39, 0.29) is 5.54 Å². The van der Waals surface area contributed by atoms with Crippen molar-refractivity contribution in [1.29, 1.82) is 5.26 Å². The van der Waals surface area contributed by atoms with Crippen molar-refractivity contribution in [2.45, 2.75) is 57.5 Å². The van der Waals surface area contributed by atoms with Gasteiger partial charge in [-0.25, -0.2) is 4.98 Å². The van der Waals surface area contributed by atoms with Gasteiger partial charge >= 0.3 is 0 Å². The second kappa shape index (κ2) is 4.97. The zero-order chi connectivity index (χ0) is 13.3. The molecule has 1 N–H and O–H groups in total. The highest BCUT2D eigenvalue weighted by atomic mass is 15.1. The molecule has 2 aliphatic rings. The molecule has 4 heteroatoms. The molecule has 4 nitrogen and oxygen atoms in total. The van der Waals surface area contributed by atoms with Crippen LogP contribution in [0.15, 0.2) is 6.33 Å². The number of nitriles is 1. The van der Waals surface area contributed by atoms with Gasteiger partial charge in [-0.05, 0) is 51.0 Å². The van der Waals surface area contributed by atoms with E-state index in [9.17, 15) is 5.26 Å². The number of imidazole rings is 1. The minimum Gasteiger partial charge on any atom is -0.331 e. The van der Waals surface area contributed by atoms with Crippen LogP contribution in [0.1, 0.15) is 44.0 Å². The molecule has 0 aromatic carbocycles. The molecule has 1 fully saturated rings. The Hall–Kier alpha value is -1.34. The molecule has 0 saturated heterocycles. The lowest BCUT2D eigenvalue weighted by Gasteiger charge is -2.29. The first-order valence-electron chi connectivity index (χ1n) is 7.48. The first-order valence-corrected chi connectivity index (χ1v) is 7.48. The largest absolute Gasteiger partial charge is 0.331 e. The zero-order valence-corrected chi connectivity index (χ0v) is 11.7. The zero-order valence-electron chi connectivity index (χ0n) is 11.7. The van der Waals surface area contributed by atoms with Crippen LogP contribution in [0.3, 0.4) is 0 Å². The van der Waals surface area contributed by atoms with Crippen molar-refractivity contribution in [3.63, 3.8) is 0 Å². The number of nitrogens with zero attached hydrogens (tertiary/aromatic N) is 3. The molecule has 2 aliphatic carbocycles. The second-order valence-corrected chi connectivity index (χ2v) is 5.86. The van der Waals surface area contributed by atoms with Crippen LogP contribution in [0.2, 0.25) is 0 Å². The number of likely N-dealkylation sites (N-methyl/N-ethyl adjacent to an activating group) is 1. The predicted molar refractivity (Wildman–Crippen MR) is 73.6 cm³/mol. The van der Waals surface area contributed by atoms with E-state index in [0.717, 1.165) is 25.9 Å². The fourth-order valence-corrected chi connectivity index (χ4v) is 3.32. The number of rotatable bonds is 5. The third kappa shape index (κ3) is 2.28. The minimum atomic E-state index is -0.388. The number of nitrogens with one attached hydrogen (secondary N) is 1. The quantitative estimate of drug-likeness (QED) is 0.879. The summed E-state index contributed by atoms with van der Waals surface area (Å²) in [6.07, 6.45) is 9.03. The second-order valence-electron chi connectivity index (χ2n) is 5.86. The maximum absolute atomic E-state index is 9.67. The van der Waals surface area contributed by atoms with E-state index in [1.165, 1.54) is 37.1 Å². The molecule has 1 aromatic heterocycles. The summed E-state index contributed by atoms with van der Waals surface area (Å²) in [5, 5.41) is 13.1. The summed E-state index contributed by atoms with van der Waals surface area (Å²) in [4.78, 5) is 4.54. The number of fused-ring (bicyclic) bond motifs is 1. The molecule has 1 atom stereocenters. The molecule has 19 heavy (non-hydrogen) atoms. The lowest BCUT2D eigenvalue weighted by molar-refractivity contribution is 0.319. The van der Waals surface area contributed by atoms with Gasteiger partial charge in [-0.2, -0.15) is 5.26 Å². The molecule has 1 saturated carbocycles. The SMILES string of the molecule is CCNC(C#N)(Cn1cnc2c1CCCC2)C1CC1. The van der Waals surface area contributed by atoms with Crippen LogP contribution in [-0.2, 0) is 19.4 Å². The molecule has 3 rings (SSSR count). The number of hydrogen-bond donors (Lipinski definition) is 1. The monoisotopic (exact) mass is 258 g/mol. The molecule has 0 bridgehead atoms. The van der Waals surface area contributed by atoms with Crippen molar-refractivity contribution in [3.8, 4) is 6.07 Å². The highest BCUT2D eigenvalue weighted by molar-refractivity contribution is 5.20. The Morgan fingerprint density at radius 2 is 2.26 bits per heavy atom. The van der Waals surface area contributed by atoms with Crippen LogP contribution >= 0.6 is 0 Å². The van der Waals surface area contributed by atoms with Gasteiger partial charge in [-0.3, -0.25) is 5.32 Å². The summed E-state index contributed by atoms with van der Waals surface area (Å²) in [5.74, 6) is 0.513. The van der Waals surface area contributed by atoms with Gasteiger partial charge in [0.15, 0.2) is 0 Å². The Morgan fingerprint density at radius 3 is 2.95 bits per heavy atom. The molecule has 0 radical (unpaired) electrons. The summed E-state index contributed by atoms with van der Waals surface area (Å²) in [7, 11) is 0. The molecule has 0 aliphatic heterocycles. The fraction of sp³-hybridized carbons (Fsp3) is 0.733. The number of aryl methyl sites for hydroxylation is 1. The summed E-state index contributed by atoms with van der Waals surface area (Å²) >= 11 is 0. The standard InChI is InChI=1S/C15H22N4/c1-2-18-15(9-16,12-7-8-12)10-19-11-17-13-5-3-4-6-14(13)19/h11-12,18H,2-8,10H2,1H3. The molecular formula is C15H22N4. The van der Waals surface area contributed by atoms with Gasteiger partial charge in [-0.1, -0.05) is 6.92 Å². The summed E-state index contributed by atoms with van der Waals surface area (Å²) < 4.78 is 2.23. The summed E-state index contributed by atoms with van der Waals surface area (Å²) in [6.45, 7) is 3.68. The van der Waals surface area contributed by atoms with E-state index in [0.29, 0.717) is 5.92 Å². The van der Waals surface area contributed by atoms with Crippen molar-refractivity contribution >= 4 is 0 Å². The van der Waals surface area contributed by atoms with Crippen LogP contribution < -0.4 is 5.32 Å². The van der Waals surface area contributed by atoms with Crippen LogP contribution in [0, 0.1) is 17.2 Å². The van der Waals surface area contributed by atoms with Crippen LogP contribution in [0.25, 0.3) is 0 Å².